The average Bonchev–Trinajstić information content (AvgIpc) is 2.58. The molecule has 0 fully saturated rings. The second-order valence-electron chi connectivity index (χ2n) is 2.54. The highest BCUT2D eigenvalue weighted by molar-refractivity contribution is 7.12. The summed E-state index contributed by atoms with van der Waals surface area (Å²) in [6.07, 6.45) is 2.79. The molecule has 0 N–H and O–H groups in total. The van der Waals surface area contributed by atoms with Crippen LogP contribution >= 0.6 is 11.3 Å². The number of methoxy groups -OCH3 is 1. The van der Waals surface area contributed by atoms with Gasteiger partial charge in [0.1, 0.15) is 0 Å². The minimum atomic E-state index is -0.387. The van der Waals surface area contributed by atoms with Crippen LogP contribution < -0.4 is 0 Å². The van der Waals surface area contributed by atoms with Crippen LogP contribution in [-0.2, 0) is 9.53 Å². The molecule has 3 heteroatoms. The van der Waals surface area contributed by atoms with Gasteiger partial charge in [0.05, 0.1) is 12.0 Å². The maximum absolute atomic E-state index is 10.7. The molecular formula is C11H10O2S. The monoisotopic (exact) mass is 206 g/mol. The fourth-order valence-electron chi connectivity index (χ4n) is 0.792. The van der Waals surface area contributed by atoms with E-state index >= 15 is 0 Å². The quantitative estimate of drug-likeness (QED) is 0.400. The third-order valence-corrected chi connectivity index (χ3v) is 2.36. The Morgan fingerprint density at radius 2 is 2.36 bits per heavy atom. The number of hydrogen-bond acceptors (Lipinski definition) is 3. The van der Waals surface area contributed by atoms with Crippen LogP contribution in [0.25, 0.3) is 0 Å². The van der Waals surface area contributed by atoms with Gasteiger partial charge >= 0.3 is 5.97 Å². The van der Waals surface area contributed by atoms with Gasteiger partial charge in [0.2, 0.25) is 0 Å². The Hall–Kier alpha value is -1.53. The van der Waals surface area contributed by atoms with Gasteiger partial charge in [-0.05, 0) is 25.1 Å². The van der Waals surface area contributed by atoms with E-state index in [1.807, 2.05) is 19.1 Å². The van der Waals surface area contributed by atoms with Gasteiger partial charge in [-0.1, -0.05) is 11.8 Å². The maximum Gasteiger partial charge on any atom is 0.331 e. The average molecular weight is 206 g/mol. The summed E-state index contributed by atoms with van der Waals surface area (Å²) in [5, 5.41) is 0. The van der Waals surface area contributed by atoms with Crippen molar-refractivity contribution in [2.75, 3.05) is 7.11 Å². The highest BCUT2D eigenvalue weighted by atomic mass is 32.1. The first kappa shape index (κ1) is 10.6. The van der Waals surface area contributed by atoms with Crippen molar-refractivity contribution in [2.24, 2.45) is 0 Å². The number of ether oxygens (including phenoxy) is 1. The van der Waals surface area contributed by atoms with Crippen molar-refractivity contribution in [3.05, 3.63) is 34.0 Å². The van der Waals surface area contributed by atoms with Gasteiger partial charge in [-0.2, -0.15) is 0 Å². The molecule has 0 amide bonds. The maximum atomic E-state index is 10.7. The summed E-state index contributed by atoms with van der Waals surface area (Å²) in [6, 6.07) is 3.97. The summed E-state index contributed by atoms with van der Waals surface area (Å²) in [5.74, 6) is 5.29. The summed E-state index contributed by atoms with van der Waals surface area (Å²) >= 11 is 1.63. The van der Waals surface area contributed by atoms with Crippen LogP contribution in [0.5, 0.6) is 0 Å². The number of aryl methyl sites for hydroxylation is 1. The van der Waals surface area contributed by atoms with E-state index < -0.39 is 0 Å². The first-order valence-electron chi connectivity index (χ1n) is 4.05. The molecule has 0 atom stereocenters. The largest absolute Gasteiger partial charge is 0.466 e. The molecule has 0 unspecified atom stereocenters. The summed E-state index contributed by atoms with van der Waals surface area (Å²) < 4.78 is 4.42. The summed E-state index contributed by atoms with van der Waals surface area (Å²) in [6.45, 7) is 2.03. The van der Waals surface area contributed by atoms with Crippen molar-refractivity contribution in [1.82, 2.24) is 0 Å². The van der Waals surface area contributed by atoms with Crippen LogP contribution in [0.15, 0.2) is 24.3 Å². The number of rotatable bonds is 1. The fourth-order valence-corrected chi connectivity index (χ4v) is 1.52. The summed E-state index contributed by atoms with van der Waals surface area (Å²) in [7, 11) is 1.34. The molecule has 0 spiro atoms. The molecule has 0 bridgehead atoms. The summed E-state index contributed by atoms with van der Waals surface area (Å²) in [4.78, 5) is 12.9. The molecule has 1 aromatic rings. The van der Waals surface area contributed by atoms with Crippen molar-refractivity contribution in [1.29, 1.82) is 0 Å². The molecule has 0 aromatic carbocycles. The van der Waals surface area contributed by atoms with Crippen LogP contribution in [-0.4, -0.2) is 13.1 Å². The van der Waals surface area contributed by atoms with E-state index in [-0.39, 0.29) is 5.97 Å². The normalized spacial score (nSPS) is 9.57. The van der Waals surface area contributed by atoms with E-state index in [0.717, 1.165) is 4.88 Å². The third-order valence-electron chi connectivity index (χ3n) is 1.44. The molecule has 0 aliphatic rings. The van der Waals surface area contributed by atoms with Crippen LogP contribution in [0.4, 0.5) is 0 Å². The first-order valence-corrected chi connectivity index (χ1v) is 4.86. The lowest BCUT2D eigenvalue weighted by atomic mass is 10.4. The number of carbonyl (C=O) groups excluding carboxylic acids is 1. The molecule has 2 nitrogen and oxygen atoms in total. The smallest absolute Gasteiger partial charge is 0.331 e. The molecule has 0 saturated heterocycles. The minimum absolute atomic E-state index is 0.387. The van der Waals surface area contributed by atoms with E-state index in [1.54, 1.807) is 11.3 Å². The molecule has 72 valence electrons. The Morgan fingerprint density at radius 3 is 2.93 bits per heavy atom. The third kappa shape index (κ3) is 3.46. The lowest BCUT2D eigenvalue weighted by Crippen LogP contribution is -1.92. The zero-order valence-corrected chi connectivity index (χ0v) is 8.85. The highest BCUT2D eigenvalue weighted by Crippen LogP contribution is 2.12. The first-order chi connectivity index (χ1) is 6.72. The van der Waals surface area contributed by atoms with E-state index in [0.29, 0.717) is 0 Å². The molecular weight excluding hydrogens is 196 g/mol. The Bertz CT molecular complexity index is 404. The molecule has 1 rings (SSSR count). The van der Waals surface area contributed by atoms with Gasteiger partial charge in [-0.3, -0.25) is 0 Å². The van der Waals surface area contributed by atoms with E-state index in [2.05, 4.69) is 16.6 Å². The molecule has 14 heavy (non-hydrogen) atoms. The molecule has 1 aromatic heterocycles. The molecule has 0 aliphatic carbocycles. The number of hydrogen-bond donors (Lipinski definition) is 0. The topological polar surface area (TPSA) is 26.3 Å². The standard InChI is InChI=1S/C11H10O2S/c1-9-7-8-10(14-9)5-3-4-6-11(12)13-2/h4,6-8H,1-2H3. The van der Waals surface area contributed by atoms with Crippen LogP contribution in [0.3, 0.4) is 0 Å². The molecule has 0 aliphatic heterocycles. The van der Waals surface area contributed by atoms with Gasteiger partial charge in [-0.25, -0.2) is 4.79 Å². The second kappa shape index (κ2) is 5.25. The van der Waals surface area contributed by atoms with E-state index in [9.17, 15) is 4.79 Å². The zero-order chi connectivity index (χ0) is 10.4. The van der Waals surface area contributed by atoms with Crippen molar-refractivity contribution in [3.8, 4) is 11.8 Å². The lowest BCUT2D eigenvalue weighted by Gasteiger charge is -1.84. The fraction of sp³-hybridized carbons (Fsp3) is 0.182. The minimum Gasteiger partial charge on any atom is -0.466 e. The van der Waals surface area contributed by atoms with Crippen molar-refractivity contribution in [3.63, 3.8) is 0 Å². The molecule has 1 heterocycles. The Labute approximate surface area is 87.2 Å². The predicted molar refractivity (Wildman–Crippen MR) is 57.1 cm³/mol. The van der Waals surface area contributed by atoms with Crippen molar-refractivity contribution >= 4 is 17.3 Å². The van der Waals surface area contributed by atoms with E-state index in [1.165, 1.54) is 24.1 Å². The number of allylic oxidation sites excluding steroid dienone is 1. The SMILES string of the molecule is COC(=O)C=CC#Cc1ccc(C)s1. The second-order valence-corrected chi connectivity index (χ2v) is 3.82. The summed E-state index contributed by atoms with van der Waals surface area (Å²) in [5.41, 5.74) is 0. The highest BCUT2D eigenvalue weighted by Gasteiger charge is 1.90. The van der Waals surface area contributed by atoms with Crippen molar-refractivity contribution < 1.29 is 9.53 Å². The Kier molecular flexibility index (Phi) is 3.96. The molecule has 0 radical (unpaired) electrons. The van der Waals surface area contributed by atoms with Gasteiger partial charge in [0.25, 0.3) is 0 Å². The number of esters is 1. The van der Waals surface area contributed by atoms with E-state index in [4.69, 9.17) is 0 Å². The van der Waals surface area contributed by atoms with Gasteiger partial charge in [0, 0.05) is 11.0 Å². The van der Waals surface area contributed by atoms with Crippen LogP contribution in [0.1, 0.15) is 9.75 Å². The van der Waals surface area contributed by atoms with Gasteiger partial charge in [0.15, 0.2) is 0 Å². The van der Waals surface area contributed by atoms with Gasteiger partial charge < -0.3 is 4.74 Å². The zero-order valence-electron chi connectivity index (χ0n) is 8.03. The van der Waals surface area contributed by atoms with Gasteiger partial charge in [-0.15, -0.1) is 11.3 Å². The van der Waals surface area contributed by atoms with Crippen LogP contribution in [0.2, 0.25) is 0 Å². The predicted octanol–water partition coefficient (Wildman–Crippen LogP) is 2.14. The van der Waals surface area contributed by atoms with Crippen LogP contribution in [0, 0.1) is 18.8 Å². The number of thiophene rings is 1. The Balaban J connectivity index is 2.57. The number of carbonyl (C=O) groups is 1. The molecule has 0 saturated carbocycles. The Morgan fingerprint density at radius 1 is 1.57 bits per heavy atom. The van der Waals surface area contributed by atoms with Crippen molar-refractivity contribution in [2.45, 2.75) is 6.92 Å². The lowest BCUT2D eigenvalue weighted by molar-refractivity contribution is -0.134.